The number of carbonyl (C=O) groups is 1. The molecule has 0 spiro atoms. The molecule has 0 bridgehead atoms. The molecule has 2 atom stereocenters. The molecule has 0 aromatic heterocycles. The van der Waals surface area contributed by atoms with Gasteiger partial charge in [0.1, 0.15) is 5.82 Å². The lowest BCUT2D eigenvalue weighted by atomic mass is 9.93. The number of nitrogens with zero attached hydrogens (tertiary/aromatic N) is 3. The van der Waals surface area contributed by atoms with Crippen LogP contribution in [0.5, 0.6) is 0 Å². The smallest absolute Gasteiger partial charge is 0.339 e. The van der Waals surface area contributed by atoms with Crippen LogP contribution in [0, 0.1) is 17.1 Å². The zero-order valence-corrected chi connectivity index (χ0v) is 20.4. The van der Waals surface area contributed by atoms with Crippen LogP contribution >= 0.6 is 23.2 Å². The van der Waals surface area contributed by atoms with Crippen LogP contribution in [0.15, 0.2) is 36.4 Å². The standard InChI is InChI=1S/C24H24Cl2F4N4O/c1-33(12-15-3-5-18(21(27)9-15)24(28,29)30)22-14-34(23(35)11-32-8-2-7-31)13-17(22)16-4-6-19(25)20(26)10-16/h3-6,9-10,17,22,32H,2,8,11-14H2,1H3/t17-,22?/m1/s1. The van der Waals surface area contributed by atoms with Crippen LogP contribution in [0.25, 0.3) is 0 Å². The maximum Gasteiger partial charge on any atom is 0.419 e. The number of halogens is 6. The predicted octanol–water partition coefficient (Wildman–Crippen LogP) is 5.08. The average Bonchev–Trinajstić information content (AvgIpc) is 3.23. The number of amides is 1. The van der Waals surface area contributed by atoms with Gasteiger partial charge < -0.3 is 10.2 Å². The van der Waals surface area contributed by atoms with Crippen molar-refractivity contribution in [2.24, 2.45) is 0 Å². The van der Waals surface area contributed by atoms with Crippen LogP contribution in [-0.2, 0) is 17.5 Å². The first kappa shape index (κ1) is 27.2. The first-order chi connectivity index (χ1) is 16.5. The number of nitriles is 1. The second-order valence-corrected chi connectivity index (χ2v) is 9.27. The Hall–Kier alpha value is -2.38. The number of likely N-dealkylation sites (N-methyl/N-ethyl adjacent to an activating group) is 1. The molecule has 2 aromatic rings. The van der Waals surface area contributed by atoms with Crippen LogP contribution in [0.3, 0.4) is 0 Å². The summed E-state index contributed by atoms with van der Waals surface area (Å²) in [7, 11) is 1.78. The average molecular weight is 531 g/mol. The van der Waals surface area contributed by atoms with Gasteiger partial charge in [0.15, 0.2) is 0 Å². The Balaban J connectivity index is 1.80. The largest absolute Gasteiger partial charge is 0.419 e. The Labute approximate surface area is 211 Å². The highest BCUT2D eigenvalue weighted by atomic mass is 35.5. The van der Waals surface area contributed by atoms with Crippen molar-refractivity contribution in [3.8, 4) is 6.07 Å². The van der Waals surface area contributed by atoms with E-state index in [4.69, 9.17) is 28.5 Å². The summed E-state index contributed by atoms with van der Waals surface area (Å²) >= 11 is 12.3. The minimum absolute atomic E-state index is 0.0797. The molecule has 1 N–H and O–H groups in total. The molecule has 1 fully saturated rings. The molecule has 35 heavy (non-hydrogen) atoms. The maximum atomic E-state index is 14.1. The first-order valence-corrected chi connectivity index (χ1v) is 11.6. The molecule has 1 saturated heterocycles. The summed E-state index contributed by atoms with van der Waals surface area (Å²) in [4.78, 5) is 16.4. The van der Waals surface area contributed by atoms with Crippen molar-refractivity contribution >= 4 is 29.1 Å². The molecule has 0 radical (unpaired) electrons. The minimum atomic E-state index is -4.76. The second-order valence-electron chi connectivity index (χ2n) is 8.46. The third-order valence-corrected chi connectivity index (χ3v) is 6.78. The van der Waals surface area contributed by atoms with E-state index >= 15 is 0 Å². The third kappa shape index (κ3) is 6.85. The Morgan fingerprint density at radius 1 is 1.20 bits per heavy atom. The summed E-state index contributed by atoms with van der Waals surface area (Å²) in [6.07, 6.45) is -4.48. The van der Waals surface area contributed by atoms with Crippen molar-refractivity contribution in [1.82, 2.24) is 15.1 Å². The van der Waals surface area contributed by atoms with E-state index < -0.39 is 17.6 Å². The fourth-order valence-corrected chi connectivity index (χ4v) is 4.56. The van der Waals surface area contributed by atoms with Crippen molar-refractivity contribution < 1.29 is 22.4 Å². The summed E-state index contributed by atoms with van der Waals surface area (Å²) in [5, 5.41) is 12.4. The molecule has 0 saturated carbocycles. The zero-order valence-electron chi connectivity index (χ0n) is 18.9. The molecule has 5 nitrogen and oxygen atoms in total. The topological polar surface area (TPSA) is 59.4 Å². The number of carbonyl (C=O) groups excluding carboxylic acids is 1. The quantitative estimate of drug-likeness (QED) is 0.382. The number of nitrogens with one attached hydrogen (secondary N) is 1. The SMILES string of the molecule is CN(Cc1ccc(C(F)(F)F)c(F)c1)C1CN(C(=O)CNCCC#N)C[C@@H]1c1ccc(Cl)c(Cl)c1. The lowest BCUT2D eigenvalue weighted by Gasteiger charge is -2.29. The molecular formula is C24H24Cl2F4N4O. The Bertz CT molecular complexity index is 1110. The fourth-order valence-electron chi connectivity index (χ4n) is 4.25. The van der Waals surface area contributed by atoms with Crippen molar-refractivity contribution in [2.75, 3.05) is 33.2 Å². The molecule has 11 heteroatoms. The number of hydrogen-bond donors (Lipinski definition) is 1. The highest BCUT2D eigenvalue weighted by Crippen LogP contribution is 2.35. The van der Waals surface area contributed by atoms with E-state index in [2.05, 4.69) is 5.32 Å². The number of hydrogen-bond acceptors (Lipinski definition) is 4. The van der Waals surface area contributed by atoms with Gasteiger partial charge in [-0.2, -0.15) is 18.4 Å². The second kappa shape index (κ2) is 11.6. The highest BCUT2D eigenvalue weighted by Gasteiger charge is 2.39. The molecule has 1 unspecified atom stereocenters. The Morgan fingerprint density at radius 2 is 1.94 bits per heavy atom. The van der Waals surface area contributed by atoms with E-state index in [1.54, 1.807) is 24.1 Å². The van der Waals surface area contributed by atoms with Crippen LogP contribution < -0.4 is 5.32 Å². The summed E-state index contributed by atoms with van der Waals surface area (Å²) in [6, 6.07) is 9.94. The van der Waals surface area contributed by atoms with Gasteiger partial charge in [-0.25, -0.2) is 4.39 Å². The van der Waals surface area contributed by atoms with Gasteiger partial charge in [0.2, 0.25) is 5.91 Å². The van der Waals surface area contributed by atoms with E-state index in [-0.39, 0.29) is 37.4 Å². The first-order valence-electron chi connectivity index (χ1n) is 10.9. The van der Waals surface area contributed by atoms with E-state index in [0.717, 1.165) is 17.7 Å². The van der Waals surface area contributed by atoms with Gasteiger partial charge in [-0.1, -0.05) is 35.3 Å². The van der Waals surface area contributed by atoms with Gasteiger partial charge in [-0.15, -0.1) is 0 Å². The van der Waals surface area contributed by atoms with E-state index in [9.17, 15) is 22.4 Å². The van der Waals surface area contributed by atoms with Crippen LogP contribution in [-0.4, -0.2) is 55.0 Å². The Morgan fingerprint density at radius 3 is 2.57 bits per heavy atom. The molecule has 1 aliphatic rings. The number of alkyl halides is 3. The van der Waals surface area contributed by atoms with Crippen LogP contribution in [0.1, 0.15) is 29.0 Å². The molecule has 2 aromatic carbocycles. The monoisotopic (exact) mass is 530 g/mol. The minimum Gasteiger partial charge on any atom is -0.339 e. The number of rotatable bonds is 8. The summed E-state index contributed by atoms with van der Waals surface area (Å²) in [6.45, 7) is 1.42. The molecule has 188 valence electrons. The van der Waals surface area contributed by atoms with Gasteiger partial charge in [0.05, 0.1) is 28.2 Å². The van der Waals surface area contributed by atoms with Gasteiger partial charge >= 0.3 is 6.18 Å². The third-order valence-electron chi connectivity index (χ3n) is 6.04. The van der Waals surface area contributed by atoms with Gasteiger partial charge in [0.25, 0.3) is 0 Å². The predicted molar refractivity (Wildman–Crippen MR) is 126 cm³/mol. The van der Waals surface area contributed by atoms with Gasteiger partial charge in [-0.05, 0) is 42.4 Å². The molecule has 1 amide bonds. The summed E-state index contributed by atoms with van der Waals surface area (Å²) < 4.78 is 52.8. The fraction of sp³-hybridized carbons (Fsp3) is 0.417. The molecule has 0 aliphatic carbocycles. The number of likely N-dealkylation sites (tertiary alicyclic amines) is 1. The summed E-state index contributed by atoms with van der Waals surface area (Å²) in [5.74, 6) is -1.61. The van der Waals surface area contributed by atoms with Crippen molar-refractivity contribution in [3.05, 3.63) is 69.0 Å². The number of benzene rings is 2. The van der Waals surface area contributed by atoms with E-state index in [1.165, 1.54) is 6.07 Å². The lowest BCUT2D eigenvalue weighted by Crippen LogP contribution is -2.40. The molecule has 3 rings (SSSR count). The van der Waals surface area contributed by atoms with Gasteiger partial charge in [-0.3, -0.25) is 9.69 Å². The molecular weight excluding hydrogens is 507 g/mol. The van der Waals surface area contributed by atoms with Crippen LogP contribution in [0.4, 0.5) is 17.6 Å². The normalized spacial score (nSPS) is 18.2. The van der Waals surface area contributed by atoms with E-state index in [1.807, 2.05) is 17.0 Å². The molecule has 1 heterocycles. The van der Waals surface area contributed by atoms with E-state index in [0.29, 0.717) is 35.2 Å². The molecule has 1 aliphatic heterocycles. The lowest BCUT2D eigenvalue weighted by molar-refractivity contribution is -0.140. The van der Waals surface area contributed by atoms with Crippen molar-refractivity contribution in [1.29, 1.82) is 5.26 Å². The van der Waals surface area contributed by atoms with Crippen molar-refractivity contribution in [3.63, 3.8) is 0 Å². The van der Waals surface area contributed by atoms with Gasteiger partial charge in [0, 0.05) is 44.6 Å². The Kier molecular flexibility index (Phi) is 9.00. The van der Waals surface area contributed by atoms with Crippen molar-refractivity contribution in [2.45, 2.75) is 31.1 Å². The zero-order chi connectivity index (χ0) is 25.8. The maximum absolute atomic E-state index is 14.1. The summed E-state index contributed by atoms with van der Waals surface area (Å²) in [5.41, 5.74) is -0.0597. The van der Waals surface area contributed by atoms with Crippen LogP contribution in [0.2, 0.25) is 10.0 Å². The highest BCUT2D eigenvalue weighted by molar-refractivity contribution is 6.42.